The Morgan fingerprint density at radius 1 is 1.16 bits per heavy atom. The molecule has 1 aromatic heterocycles. The summed E-state index contributed by atoms with van der Waals surface area (Å²) in [5.41, 5.74) is 2.94. The maximum atomic E-state index is 11.0. The zero-order chi connectivity index (χ0) is 13.2. The van der Waals surface area contributed by atoms with Crippen LogP contribution in [0.15, 0.2) is 48.5 Å². The summed E-state index contributed by atoms with van der Waals surface area (Å²) >= 11 is 7.07. The highest BCUT2D eigenvalue weighted by atomic mass is 35.5. The lowest BCUT2D eigenvalue weighted by Gasteiger charge is -2.00. The molecular formula is C15H10ClNOS. The summed E-state index contributed by atoms with van der Waals surface area (Å²) in [4.78, 5) is 15.6. The number of halogens is 1. The van der Waals surface area contributed by atoms with E-state index >= 15 is 0 Å². The second-order valence-corrected chi connectivity index (χ2v) is 5.67. The molecule has 3 aromatic rings. The first kappa shape index (κ1) is 12.3. The van der Waals surface area contributed by atoms with E-state index in [1.807, 2.05) is 42.5 Å². The summed E-state index contributed by atoms with van der Waals surface area (Å²) in [5, 5.41) is 0.617. The fourth-order valence-electron chi connectivity index (χ4n) is 1.97. The van der Waals surface area contributed by atoms with E-state index < -0.39 is 0 Å². The lowest BCUT2D eigenvalue weighted by atomic mass is 10.1. The summed E-state index contributed by atoms with van der Waals surface area (Å²) in [7, 11) is 0. The number of aromatic nitrogens is 1. The maximum Gasteiger partial charge on any atom is 0.226 e. The third kappa shape index (κ3) is 2.67. The van der Waals surface area contributed by atoms with Gasteiger partial charge in [0.25, 0.3) is 0 Å². The molecule has 0 saturated carbocycles. The standard InChI is InChI=1S/C15H10ClNOS/c16-14(18)9-10-4-3-5-11(8-10)15-17-12-6-1-2-7-13(12)19-15/h1-8H,9H2. The number of rotatable bonds is 3. The highest BCUT2D eigenvalue weighted by Gasteiger charge is 2.07. The third-order valence-corrected chi connectivity index (χ3v) is 4.03. The van der Waals surface area contributed by atoms with Crippen LogP contribution in [0.3, 0.4) is 0 Å². The van der Waals surface area contributed by atoms with Crippen LogP contribution in [0.1, 0.15) is 5.56 Å². The van der Waals surface area contributed by atoms with Crippen molar-refractivity contribution < 1.29 is 4.79 Å². The van der Waals surface area contributed by atoms with Crippen molar-refractivity contribution >= 4 is 38.4 Å². The van der Waals surface area contributed by atoms with Gasteiger partial charge in [0.15, 0.2) is 0 Å². The fourth-order valence-corrected chi connectivity index (χ4v) is 3.09. The van der Waals surface area contributed by atoms with Gasteiger partial charge in [-0.25, -0.2) is 4.98 Å². The molecule has 0 atom stereocenters. The number of carbonyl (C=O) groups is 1. The molecule has 0 aliphatic heterocycles. The number of thiazole rings is 1. The number of nitrogens with zero attached hydrogens (tertiary/aromatic N) is 1. The van der Waals surface area contributed by atoms with Gasteiger partial charge in [0.05, 0.1) is 10.2 Å². The van der Waals surface area contributed by atoms with Crippen LogP contribution in [0.2, 0.25) is 0 Å². The van der Waals surface area contributed by atoms with E-state index in [4.69, 9.17) is 11.6 Å². The van der Waals surface area contributed by atoms with Gasteiger partial charge in [-0.2, -0.15) is 0 Å². The van der Waals surface area contributed by atoms with Crippen LogP contribution in [-0.2, 0) is 11.2 Å². The van der Waals surface area contributed by atoms with Crippen molar-refractivity contribution in [1.82, 2.24) is 4.98 Å². The van der Waals surface area contributed by atoms with Crippen LogP contribution < -0.4 is 0 Å². The van der Waals surface area contributed by atoms with E-state index in [1.165, 1.54) is 0 Å². The molecule has 0 aliphatic carbocycles. The number of hydrogen-bond acceptors (Lipinski definition) is 3. The van der Waals surface area contributed by atoms with Crippen molar-refractivity contribution in [1.29, 1.82) is 0 Å². The number of benzene rings is 2. The minimum Gasteiger partial charge on any atom is -0.281 e. The van der Waals surface area contributed by atoms with Gasteiger partial charge in [-0.3, -0.25) is 4.79 Å². The molecule has 0 N–H and O–H groups in total. The minimum atomic E-state index is -0.346. The van der Waals surface area contributed by atoms with Crippen molar-refractivity contribution in [2.45, 2.75) is 6.42 Å². The van der Waals surface area contributed by atoms with Crippen LogP contribution in [-0.4, -0.2) is 10.2 Å². The maximum absolute atomic E-state index is 11.0. The number of fused-ring (bicyclic) bond motifs is 1. The Kier molecular flexibility index (Phi) is 3.32. The Morgan fingerprint density at radius 2 is 2.00 bits per heavy atom. The Labute approximate surface area is 119 Å². The van der Waals surface area contributed by atoms with Crippen LogP contribution in [0.4, 0.5) is 0 Å². The molecule has 4 heteroatoms. The predicted octanol–water partition coefficient (Wildman–Crippen LogP) is 4.27. The molecule has 0 unspecified atom stereocenters. The molecule has 94 valence electrons. The van der Waals surface area contributed by atoms with Gasteiger partial charge >= 0.3 is 0 Å². The van der Waals surface area contributed by atoms with Gasteiger partial charge in [0.1, 0.15) is 5.01 Å². The van der Waals surface area contributed by atoms with E-state index in [2.05, 4.69) is 11.1 Å². The Morgan fingerprint density at radius 3 is 2.79 bits per heavy atom. The average Bonchev–Trinajstić information content (AvgIpc) is 2.82. The number of hydrogen-bond donors (Lipinski definition) is 0. The lowest BCUT2D eigenvalue weighted by Crippen LogP contribution is -1.93. The van der Waals surface area contributed by atoms with Crippen LogP contribution in [0.25, 0.3) is 20.8 Å². The van der Waals surface area contributed by atoms with Crippen molar-refractivity contribution in [3.63, 3.8) is 0 Å². The van der Waals surface area contributed by atoms with Gasteiger partial charge in [-0.1, -0.05) is 30.3 Å². The molecule has 0 radical (unpaired) electrons. The zero-order valence-corrected chi connectivity index (χ0v) is 11.5. The van der Waals surface area contributed by atoms with Crippen LogP contribution in [0, 0.1) is 0 Å². The zero-order valence-electron chi connectivity index (χ0n) is 9.97. The van der Waals surface area contributed by atoms with E-state index in [1.54, 1.807) is 11.3 Å². The molecule has 0 aliphatic rings. The highest BCUT2D eigenvalue weighted by molar-refractivity contribution is 7.21. The van der Waals surface area contributed by atoms with Crippen molar-refractivity contribution in [3.8, 4) is 10.6 Å². The predicted molar refractivity (Wildman–Crippen MR) is 79.6 cm³/mol. The molecule has 0 spiro atoms. The quantitative estimate of drug-likeness (QED) is 0.673. The van der Waals surface area contributed by atoms with Gasteiger partial charge < -0.3 is 0 Å². The minimum absolute atomic E-state index is 0.250. The number of carbonyl (C=O) groups excluding carboxylic acids is 1. The van der Waals surface area contributed by atoms with Gasteiger partial charge in [-0.15, -0.1) is 11.3 Å². The summed E-state index contributed by atoms with van der Waals surface area (Å²) < 4.78 is 1.16. The third-order valence-electron chi connectivity index (χ3n) is 2.81. The SMILES string of the molecule is O=C(Cl)Cc1cccc(-c2nc3ccccc3s2)c1. The molecule has 0 amide bonds. The van der Waals surface area contributed by atoms with Crippen LogP contribution >= 0.6 is 22.9 Å². The van der Waals surface area contributed by atoms with Crippen LogP contribution in [0.5, 0.6) is 0 Å². The second-order valence-electron chi connectivity index (χ2n) is 4.22. The molecule has 19 heavy (non-hydrogen) atoms. The Balaban J connectivity index is 2.03. The first-order valence-corrected chi connectivity index (χ1v) is 7.05. The molecular weight excluding hydrogens is 278 g/mol. The summed E-state index contributed by atoms with van der Waals surface area (Å²) in [6.45, 7) is 0. The van der Waals surface area contributed by atoms with E-state index in [0.717, 1.165) is 26.4 Å². The molecule has 2 aromatic carbocycles. The molecule has 0 saturated heterocycles. The summed E-state index contributed by atoms with van der Waals surface area (Å²) in [6.07, 6.45) is 0.250. The number of para-hydroxylation sites is 1. The van der Waals surface area contributed by atoms with E-state index in [9.17, 15) is 4.79 Å². The van der Waals surface area contributed by atoms with Gasteiger partial charge in [0.2, 0.25) is 5.24 Å². The van der Waals surface area contributed by atoms with E-state index in [-0.39, 0.29) is 11.7 Å². The monoisotopic (exact) mass is 287 g/mol. The topological polar surface area (TPSA) is 30.0 Å². The van der Waals surface area contributed by atoms with Crippen molar-refractivity contribution in [3.05, 3.63) is 54.1 Å². The largest absolute Gasteiger partial charge is 0.281 e. The summed E-state index contributed by atoms with van der Waals surface area (Å²) in [5.74, 6) is 0. The van der Waals surface area contributed by atoms with Crippen molar-refractivity contribution in [2.24, 2.45) is 0 Å². The Bertz CT molecular complexity index is 717. The van der Waals surface area contributed by atoms with Gasteiger partial charge in [0, 0.05) is 12.0 Å². The van der Waals surface area contributed by atoms with Crippen molar-refractivity contribution in [2.75, 3.05) is 0 Å². The summed E-state index contributed by atoms with van der Waals surface area (Å²) in [6, 6.07) is 15.8. The average molecular weight is 288 g/mol. The fraction of sp³-hybridized carbons (Fsp3) is 0.0667. The first-order chi connectivity index (χ1) is 9.22. The molecule has 1 heterocycles. The molecule has 2 nitrogen and oxygen atoms in total. The normalized spacial score (nSPS) is 10.8. The first-order valence-electron chi connectivity index (χ1n) is 5.85. The van der Waals surface area contributed by atoms with Gasteiger partial charge in [-0.05, 0) is 35.4 Å². The Hall–Kier alpha value is -1.71. The lowest BCUT2D eigenvalue weighted by molar-refractivity contribution is -0.111. The smallest absolute Gasteiger partial charge is 0.226 e. The second kappa shape index (κ2) is 5.11. The molecule has 0 fully saturated rings. The highest BCUT2D eigenvalue weighted by Crippen LogP contribution is 2.30. The molecule has 3 rings (SSSR count). The molecule has 0 bridgehead atoms. The van der Waals surface area contributed by atoms with E-state index in [0.29, 0.717) is 0 Å².